The second-order valence-electron chi connectivity index (χ2n) is 4.60. The molecular weight excluding hydrogens is 282 g/mol. The van der Waals surface area contributed by atoms with Gasteiger partial charge in [0, 0.05) is 17.5 Å². The number of hydrogen-bond donors (Lipinski definition) is 1. The van der Waals surface area contributed by atoms with Gasteiger partial charge in [0.25, 0.3) is 0 Å². The summed E-state index contributed by atoms with van der Waals surface area (Å²) in [5.41, 5.74) is 0.486. The number of nitrogens with zero attached hydrogens (tertiary/aromatic N) is 1. The smallest absolute Gasteiger partial charge is 0.305 e. The SMILES string of the molecule is COc1ccc(Cl)cc1N(CCC(=O)O)C(=O)C(C)C. The molecule has 1 amide bonds. The van der Waals surface area contributed by atoms with Crippen molar-refractivity contribution in [3.8, 4) is 5.75 Å². The Labute approximate surface area is 123 Å². The van der Waals surface area contributed by atoms with Gasteiger partial charge >= 0.3 is 5.97 Å². The number of methoxy groups -OCH3 is 1. The van der Waals surface area contributed by atoms with E-state index < -0.39 is 5.97 Å². The lowest BCUT2D eigenvalue weighted by atomic mass is 10.1. The molecule has 1 aromatic carbocycles. The summed E-state index contributed by atoms with van der Waals surface area (Å²) in [6.45, 7) is 3.59. The number of carboxylic acid groups (broad SMARTS) is 1. The Morgan fingerprint density at radius 3 is 2.55 bits per heavy atom. The predicted octanol–water partition coefficient (Wildman–Crippen LogP) is 2.81. The number of rotatable bonds is 6. The number of carbonyl (C=O) groups excluding carboxylic acids is 1. The Morgan fingerprint density at radius 1 is 1.40 bits per heavy atom. The van der Waals surface area contributed by atoms with Gasteiger partial charge < -0.3 is 14.7 Å². The minimum absolute atomic E-state index is 0.0725. The summed E-state index contributed by atoms with van der Waals surface area (Å²) in [6, 6.07) is 4.90. The molecular formula is C14H18ClNO4. The summed E-state index contributed by atoms with van der Waals surface area (Å²) < 4.78 is 5.22. The van der Waals surface area contributed by atoms with Gasteiger partial charge in [-0.1, -0.05) is 25.4 Å². The molecule has 0 aliphatic rings. The third kappa shape index (κ3) is 4.13. The fourth-order valence-corrected chi connectivity index (χ4v) is 1.91. The summed E-state index contributed by atoms with van der Waals surface area (Å²) in [4.78, 5) is 24.4. The van der Waals surface area contributed by atoms with Crippen LogP contribution in [0.25, 0.3) is 0 Å². The first-order chi connectivity index (χ1) is 9.36. The number of amides is 1. The summed E-state index contributed by atoms with van der Waals surface area (Å²) in [7, 11) is 1.49. The zero-order valence-corrected chi connectivity index (χ0v) is 12.5. The van der Waals surface area contributed by atoms with E-state index >= 15 is 0 Å². The molecule has 0 aromatic heterocycles. The molecule has 1 N–H and O–H groups in total. The summed E-state index contributed by atoms with van der Waals surface area (Å²) in [6.07, 6.45) is -0.145. The van der Waals surface area contributed by atoms with E-state index in [1.807, 2.05) is 0 Å². The van der Waals surface area contributed by atoms with Crippen molar-refractivity contribution in [2.24, 2.45) is 5.92 Å². The molecule has 0 spiro atoms. The molecule has 0 aliphatic heterocycles. The quantitative estimate of drug-likeness (QED) is 0.877. The molecule has 0 unspecified atom stereocenters. The highest BCUT2D eigenvalue weighted by atomic mass is 35.5. The fraction of sp³-hybridized carbons (Fsp3) is 0.429. The van der Waals surface area contributed by atoms with E-state index in [0.29, 0.717) is 16.5 Å². The van der Waals surface area contributed by atoms with E-state index in [4.69, 9.17) is 21.4 Å². The van der Waals surface area contributed by atoms with Gasteiger partial charge in [-0.3, -0.25) is 9.59 Å². The maximum absolute atomic E-state index is 12.3. The molecule has 1 aromatic rings. The molecule has 1 rings (SSSR count). The van der Waals surface area contributed by atoms with Crippen LogP contribution in [0.1, 0.15) is 20.3 Å². The molecule has 110 valence electrons. The van der Waals surface area contributed by atoms with Crippen LogP contribution < -0.4 is 9.64 Å². The fourth-order valence-electron chi connectivity index (χ4n) is 1.74. The summed E-state index contributed by atoms with van der Waals surface area (Å²) in [5, 5.41) is 9.27. The maximum Gasteiger partial charge on any atom is 0.305 e. The van der Waals surface area contributed by atoms with Gasteiger partial charge in [-0.2, -0.15) is 0 Å². The monoisotopic (exact) mass is 299 g/mol. The predicted molar refractivity (Wildman–Crippen MR) is 77.4 cm³/mol. The van der Waals surface area contributed by atoms with Gasteiger partial charge in [-0.25, -0.2) is 0 Å². The average molecular weight is 300 g/mol. The Balaban J connectivity index is 3.18. The molecule has 0 saturated carbocycles. The largest absolute Gasteiger partial charge is 0.495 e. The highest BCUT2D eigenvalue weighted by Gasteiger charge is 2.22. The van der Waals surface area contributed by atoms with Gasteiger partial charge in [-0.05, 0) is 18.2 Å². The molecule has 0 aliphatic carbocycles. The molecule has 20 heavy (non-hydrogen) atoms. The number of ether oxygens (including phenoxy) is 1. The van der Waals surface area contributed by atoms with E-state index in [-0.39, 0.29) is 24.8 Å². The molecule has 0 saturated heterocycles. The van der Waals surface area contributed by atoms with Crippen LogP contribution in [0.15, 0.2) is 18.2 Å². The lowest BCUT2D eigenvalue weighted by Gasteiger charge is -2.26. The van der Waals surface area contributed by atoms with Crippen LogP contribution in [0, 0.1) is 5.92 Å². The Kier molecular flexibility index (Phi) is 5.82. The number of aliphatic carboxylic acids is 1. The first-order valence-corrected chi connectivity index (χ1v) is 6.61. The van der Waals surface area contributed by atoms with E-state index in [1.165, 1.54) is 12.0 Å². The van der Waals surface area contributed by atoms with E-state index in [9.17, 15) is 9.59 Å². The number of benzene rings is 1. The van der Waals surface area contributed by atoms with Crippen molar-refractivity contribution in [1.82, 2.24) is 0 Å². The molecule has 0 bridgehead atoms. The minimum Gasteiger partial charge on any atom is -0.495 e. The van der Waals surface area contributed by atoms with Crippen molar-refractivity contribution in [3.63, 3.8) is 0 Å². The number of anilines is 1. The molecule has 6 heteroatoms. The lowest BCUT2D eigenvalue weighted by Crippen LogP contribution is -2.36. The van der Waals surface area contributed by atoms with E-state index in [2.05, 4.69) is 0 Å². The molecule has 0 atom stereocenters. The number of hydrogen-bond acceptors (Lipinski definition) is 3. The summed E-state index contributed by atoms with van der Waals surface area (Å²) in [5.74, 6) is -0.916. The van der Waals surface area contributed by atoms with Gasteiger partial charge in [0.05, 0.1) is 19.2 Å². The first-order valence-electron chi connectivity index (χ1n) is 6.23. The van der Waals surface area contributed by atoms with Crippen LogP contribution in [0.4, 0.5) is 5.69 Å². The summed E-state index contributed by atoms with van der Waals surface area (Å²) >= 11 is 5.95. The number of carbonyl (C=O) groups is 2. The Hall–Kier alpha value is -1.75. The van der Waals surface area contributed by atoms with Crippen molar-refractivity contribution in [3.05, 3.63) is 23.2 Å². The topological polar surface area (TPSA) is 66.8 Å². The number of carboxylic acids is 1. The van der Waals surface area contributed by atoms with Crippen LogP contribution in [-0.2, 0) is 9.59 Å². The third-order valence-corrected chi connectivity index (χ3v) is 2.98. The molecule has 5 nitrogen and oxygen atoms in total. The van der Waals surface area contributed by atoms with Crippen molar-refractivity contribution < 1.29 is 19.4 Å². The zero-order valence-electron chi connectivity index (χ0n) is 11.7. The highest BCUT2D eigenvalue weighted by molar-refractivity contribution is 6.31. The van der Waals surface area contributed by atoms with Crippen LogP contribution in [0.3, 0.4) is 0 Å². The van der Waals surface area contributed by atoms with Crippen molar-refractivity contribution in [1.29, 1.82) is 0 Å². The third-order valence-electron chi connectivity index (χ3n) is 2.74. The normalized spacial score (nSPS) is 10.4. The Morgan fingerprint density at radius 2 is 2.05 bits per heavy atom. The lowest BCUT2D eigenvalue weighted by molar-refractivity contribution is -0.136. The van der Waals surface area contributed by atoms with Crippen molar-refractivity contribution in [2.75, 3.05) is 18.6 Å². The van der Waals surface area contributed by atoms with Crippen LogP contribution >= 0.6 is 11.6 Å². The molecule has 0 heterocycles. The zero-order chi connectivity index (χ0) is 15.3. The second kappa shape index (κ2) is 7.14. The second-order valence-corrected chi connectivity index (χ2v) is 5.04. The van der Waals surface area contributed by atoms with E-state index in [1.54, 1.807) is 32.0 Å². The van der Waals surface area contributed by atoms with E-state index in [0.717, 1.165) is 0 Å². The molecule has 0 radical (unpaired) electrons. The Bertz CT molecular complexity index is 502. The van der Waals surface area contributed by atoms with Crippen LogP contribution in [0.5, 0.6) is 5.75 Å². The standard InChI is InChI=1S/C14H18ClNO4/c1-9(2)14(19)16(7-6-13(17)18)11-8-10(15)4-5-12(11)20-3/h4-5,8-9H,6-7H2,1-3H3,(H,17,18). The van der Waals surface area contributed by atoms with Gasteiger partial charge in [-0.15, -0.1) is 0 Å². The van der Waals surface area contributed by atoms with Crippen LogP contribution in [0.2, 0.25) is 5.02 Å². The number of halogens is 1. The molecule has 0 fully saturated rings. The minimum atomic E-state index is -0.965. The maximum atomic E-state index is 12.3. The highest BCUT2D eigenvalue weighted by Crippen LogP contribution is 2.32. The van der Waals surface area contributed by atoms with Gasteiger partial charge in [0.15, 0.2) is 0 Å². The van der Waals surface area contributed by atoms with Gasteiger partial charge in [0.1, 0.15) is 5.75 Å². The van der Waals surface area contributed by atoms with Crippen molar-refractivity contribution in [2.45, 2.75) is 20.3 Å². The van der Waals surface area contributed by atoms with Crippen LogP contribution in [-0.4, -0.2) is 30.6 Å². The average Bonchev–Trinajstić information content (AvgIpc) is 2.38. The van der Waals surface area contributed by atoms with Gasteiger partial charge in [0.2, 0.25) is 5.91 Å². The van der Waals surface area contributed by atoms with Crippen molar-refractivity contribution >= 4 is 29.2 Å². The first kappa shape index (κ1) is 16.3.